The quantitative estimate of drug-likeness (QED) is 0.695. The number of carbonyl (C=O) groups is 1. The lowest BCUT2D eigenvalue weighted by Crippen LogP contribution is -2.49. The van der Waals surface area contributed by atoms with Crippen LogP contribution in [0.15, 0.2) is 40.0 Å². The lowest BCUT2D eigenvalue weighted by Gasteiger charge is -2.42. The van der Waals surface area contributed by atoms with Crippen molar-refractivity contribution in [3.8, 4) is 5.75 Å². The maximum atomic E-state index is 13.5. The van der Waals surface area contributed by atoms with Crippen LogP contribution in [-0.4, -0.2) is 49.9 Å². The molecule has 8 nitrogen and oxygen atoms in total. The third-order valence-corrected chi connectivity index (χ3v) is 8.46. The van der Waals surface area contributed by atoms with Gasteiger partial charge in [0.15, 0.2) is 6.61 Å². The molecule has 0 spiro atoms. The van der Waals surface area contributed by atoms with E-state index in [9.17, 15) is 18.0 Å². The molecule has 0 radical (unpaired) electrons. The highest BCUT2D eigenvalue weighted by Crippen LogP contribution is 2.41. The second kappa shape index (κ2) is 6.83. The molecule has 1 aromatic carbocycles. The molecule has 0 N–H and O–H groups in total. The predicted octanol–water partition coefficient (Wildman–Crippen LogP) is 1.66. The number of amides is 1. The van der Waals surface area contributed by atoms with Crippen molar-refractivity contribution in [2.75, 3.05) is 31.6 Å². The number of carbonyl (C=O) groups excluding carboxylic acids is 1. The lowest BCUT2D eigenvalue weighted by molar-refractivity contribution is -0.120. The van der Waals surface area contributed by atoms with Gasteiger partial charge in [-0.2, -0.15) is 4.31 Å². The van der Waals surface area contributed by atoms with E-state index in [0.717, 1.165) is 12.1 Å². The number of sulfonamides is 1. The zero-order chi connectivity index (χ0) is 21.2. The van der Waals surface area contributed by atoms with E-state index < -0.39 is 10.0 Å². The standard InChI is InChI=1S/C20H20ClN3O5S/c1-22-16-6-14(21)18(7-17(16)29-11-20(22)26)30(27,28)23-8-12-5-13(10-23)15-3-2-4-19(25)24(15)9-12/h2-4,6-7,12-13H,5,8-11H2,1H3. The van der Waals surface area contributed by atoms with Crippen LogP contribution in [0.25, 0.3) is 0 Å². The third-order valence-electron chi connectivity index (χ3n) is 6.16. The Bertz CT molecular complexity index is 1230. The van der Waals surface area contributed by atoms with E-state index in [0.29, 0.717) is 24.5 Å². The Labute approximate surface area is 178 Å². The second-order valence-electron chi connectivity index (χ2n) is 8.01. The fourth-order valence-electron chi connectivity index (χ4n) is 4.66. The van der Waals surface area contributed by atoms with Crippen molar-refractivity contribution in [1.82, 2.24) is 8.87 Å². The number of aromatic nitrogens is 1. The summed E-state index contributed by atoms with van der Waals surface area (Å²) in [6.45, 7) is 0.969. The van der Waals surface area contributed by atoms with Crippen LogP contribution in [0, 0.1) is 5.92 Å². The van der Waals surface area contributed by atoms with Crippen molar-refractivity contribution in [3.05, 3.63) is 51.4 Å². The molecule has 1 fully saturated rings. The predicted molar refractivity (Wildman–Crippen MR) is 111 cm³/mol. The molecule has 1 aromatic heterocycles. The minimum atomic E-state index is -3.88. The smallest absolute Gasteiger partial charge is 0.264 e. The molecule has 0 aliphatic carbocycles. The van der Waals surface area contributed by atoms with Crippen LogP contribution in [0.1, 0.15) is 18.0 Å². The fourth-order valence-corrected chi connectivity index (χ4v) is 6.73. The molecular formula is C20H20ClN3O5S. The first-order valence-electron chi connectivity index (χ1n) is 9.68. The van der Waals surface area contributed by atoms with Gasteiger partial charge in [0.1, 0.15) is 10.6 Å². The summed E-state index contributed by atoms with van der Waals surface area (Å²) in [4.78, 5) is 25.4. The Kier molecular flexibility index (Phi) is 4.46. The van der Waals surface area contributed by atoms with E-state index in [2.05, 4.69) is 0 Å². The van der Waals surface area contributed by atoms with E-state index in [1.54, 1.807) is 17.7 Å². The molecule has 158 valence electrons. The highest BCUT2D eigenvalue weighted by Gasteiger charge is 2.40. The molecule has 5 rings (SSSR count). The maximum absolute atomic E-state index is 13.5. The van der Waals surface area contributed by atoms with Gasteiger partial charge in [0.25, 0.3) is 11.5 Å². The molecule has 1 amide bonds. The topological polar surface area (TPSA) is 88.9 Å². The fraction of sp³-hybridized carbons (Fsp3) is 0.400. The molecule has 1 saturated heterocycles. The van der Waals surface area contributed by atoms with Crippen LogP contribution in [0.3, 0.4) is 0 Å². The molecule has 3 aliphatic rings. The number of rotatable bonds is 2. The number of anilines is 1. The van der Waals surface area contributed by atoms with Gasteiger partial charge in [0.05, 0.1) is 10.7 Å². The van der Waals surface area contributed by atoms with Gasteiger partial charge in [-0.15, -0.1) is 0 Å². The van der Waals surface area contributed by atoms with Crippen LogP contribution in [0.2, 0.25) is 5.02 Å². The summed E-state index contributed by atoms with van der Waals surface area (Å²) in [6.07, 6.45) is 0.851. The van der Waals surface area contributed by atoms with Crippen LogP contribution in [-0.2, 0) is 21.4 Å². The first-order chi connectivity index (χ1) is 14.3. The van der Waals surface area contributed by atoms with Crippen molar-refractivity contribution >= 4 is 33.2 Å². The zero-order valence-electron chi connectivity index (χ0n) is 16.2. The number of ether oxygens (including phenoxy) is 1. The molecule has 2 atom stereocenters. The third kappa shape index (κ3) is 2.95. The van der Waals surface area contributed by atoms with Crippen LogP contribution < -0.4 is 15.2 Å². The van der Waals surface area contributed by atoms with Gasteiger partial charge >= 0.3 is 0 Å². The zero-order valence-corrected chi connectivity index (χ0v) is 17.8. The molecule has 10 heteroatoms. The first kappa shape index (κ1) is 19.6. The number of benzene rings is 1. The second-order valence-corrected chi connectivity index (χ2v) is 10.3. The highest BCUT2D eigenvalue weighted by molar-refractivity contribution is 7.89. The molecule has 3 aliphatic heterocycles. The van der Waals surface area contributed by atoms with Crippen molar-refractivity contribution < 1.29 is 17.9 Å². The number of nitrogens with zero attached hydrogens (tertiary/aromatic N) is 3. The summed E-state index contributed by atoms with van der Waals surface area (Å²) in [5.41, 5.74) is 1.27. The number of piperidine rings is 1. The van der Waals surface area contributed by atoms with Crippen molar-refractivity contribution in [2.45, 2.75) is 23.8 Å². The van der Waals surface area contributed by atoms with Gasteiger partial charge in [-0.1, -0.05) is 17.7 Å². The number of hydrogen-bond acceptors (Lipinski definition) is 5. The minimum Gasteiger partial charge on any atom is -0.482 e. The summed E-state index contributed by atoms with van der Waals surface area (Å²) in [7, 11) is -2.28. The van der Waals surface area contributed by atoms with Crippen molar-refractivity contribution in [1.29, 1.82) is 0 Å². The Morgan fingerprint density at radius 3 is 2.73 bits per heavy atom. The number of hydrogen-bond donors (Lipinski definition) is 0. The van der Waals surface area contributed by atoms with E-state index >= 15 is 0 Å². The summed E-state index contributed by atoms with van der Waals surface area (Å²) in [5.74, 6) is 0.0984. The lowest BCUT2D eigenvalue weighted by atomic mass is 9.84. The summed E-state index contributed by atoms with van der Waals surface area (Å²) in [5, 5.41) is 0.0475. The largest absolute Gasteiger partial charge is 0.482 e. The van der Waals surface area contributed by atoms with Crippen molar-refractivity contribution in [2.24, 2.45) is 5.92 Å². The van der Waals surface area contributed by atoms with Crippen LogP contribution >= 0.6 is 11.6 Å². The number of halogens is 1. The van der Waals surface area contributed by atoms with E-state index in [1.807, 2.05) is 6.07 Å². The SMILES string of the molecule is CN1C(=O)COc2cc(S(=O)(=O)N3CC4CC(C3)c3cccc(=O)n3C4)c(Cl)cc21. The van der Waals surface area contributed by atoms with Gasteiger partial charge in [-0.25, -0.2) is 8.42 Å². The maximum Gasteiger partial charge on any atom is 0.264 e. The average molecular weight is 450 g/mol. The van der Waals surface area contributed by atoms with E-state index in [-0.39, 0.29) is 46.4 Å². The van der Waals surface area contributed by atoms with Gasteiger partial charge in [-0.05, 0) is 24.5 Å². The van der Waals surface area contributed by atoms with E-state index in [1.165, 1.54) is 27.4 Å². The average Bonchev–Trinajstić information content (AvgIpc) is 2.71. The molecule has 30 heavy (non-hydrogen) atoms. The van der Waals surface area contributed by atoms with E-state index in [4.69, 9.17) is 16.3 Å². The van der Waals surface area contributed by atoms with Crippen molar-refractivity contribution in [3.63, 3.8) is 0 Å². The number of pyridine rings is 1. The molecular weight excluding hydrogens is 430 g/mol. The van der Waals surface area contributed by atoms with Gasteiger partial charge in [0.2, 0.25) is 10.0 Å². The number of likely N-dealkylation sites (N-methyl/N-ethyl adjacent to an activating group) is 1. The van der Waals surface area contributed by atoms with Gasteiger partial charge in [-0.3, -0.25) is 9.59 Å². The first-order valence-corrected chi connectivity index (χ1v) is 11.5. The Balaban J connectivity index is 1.51. The summed E-state index contributed by atoms with van der Waals surface area (Å²) in [6, 6.07) is 8.01. The summed E-state index contributed by atoms with van der Waals surface area (Å²) >= 11 is 6.36. The van der Waals surface area contributed by atoms with Gasteiger partial charge in [0, 0.05) is 50.4 Å². The Hall–Kier alpha value is -2.36. The van der Waals surface area contributed by atoms with Crippen LogP contribution in [0.5, 0.6) is 5.75 Å². The molecule has 2 unspecified atom stereocenters. The number of fused-ring (bicyclic) bond motifs is 5. The minimum absolute atomic E-state index is 0.0314. The van der Waals surface area contributed by atoms with Crippen LogP contribution in [0.4, 0.5) is 5.69 Å². The Morgan fingerprint density at radius 1 is 1.13 bits per heavy atom. The van der Waals surface area contributed by atoms with Gasteiger partial charge < -0.3 is 14.2 Å². The summed E-state index contributed by atoms with van der Waals surface area (Å²) < 4.78 is 35.6. The normalized spacial score (nSPS) is 23.5. The molecule has 2 bridgehead atoms. The molecule has 2 aromatic rings. The monoisotopic (exact) mass is 449 g/mol. The molecule has 0 saturated carbocycles. The highest BCUT2D eigenvalue weighted by atomic mass is 35.5. The molecule has 4 heterocycles. The Morgan fingerprint density at radius 2 is 1.93 bits per heavy atom.